The Morgan fingerprint density at radius 2 is 2.11 bits per heavy atom. The van der Waals surface area contributed by atoms with E-state index in [9.17, 15) is 0 Å². The molecule has 0 spiro atoms. The monoisotopic (exact) mass is 123 g/mol. The molecule has 9 heavy (non-hydrogen) atoms. The molecule has 0 fully saturated rings. The molecule has 0 aliphatic carbocycles. The highest BCUT2D eigenvalue weighted by Crippen LogP contribution is 1.89. The Labute approximate surface area is 50.8 Å². The molecule has 6 heteroatoms. The van der Waals surface area contributed by atoms with Crippen molar-refractivity contribution in [2.75, 3.05) is 5.43 Å². The predicted molar refractivity (Wildman–Crippen MR) is 29.2 cm³/mol. The fourth-order valence-electron chi connectivity index (χ4n) is 0.342. The Bertz CT molecular complexity index is 183. The van der Waals surface area contributed by atoms with Crippen LogP contribution in [0.1, 0.15) is 0 Å². The van der Waals surface area contributed by atoms with E-state index in [0.29, 0.717) is 0 Å². The number of aromatic nitrogens is 3. The summed E-state index contributed by atoms with van der Waals surface area (Å²) in [6, 6.07) is 0. The summed E-state index contributed by atoms with van der Waals surface area (Å²) < 4.78 is 0. The summed E-state index contributed by atoms with van der Waals surface area (Å²) in [7, 11) is 0. The molecule has 0 atom stereocenters. The largest absolute Gasteiger partial charge is 0.362 e. The lowest BCUT2D eigenvalue weighted by Crippen LogP contribution is -1.92. The van der Waals surface area contributed by atoms with E-state index < -0.39 is 0 Å². The zero-order chi connectivity index (χ0) is 6.53. The van der Waals surface area contributed by atoms with Gasteiger partial charge in [0.1, 0.15) is 12.7 Å². The van der Waals surface area contributed by atoms with Crippen LogP contribution in [0.2, 0.25) is 0 Å². The molecular formula is C3H3N6-. The smallest absolute Gasteiger partial charge is 0.157 e. The summed E-state index contributed by atoms with van der Waals surface area (Å²) in [6.45, 7) is 0. The van der Waals surface area contributed by atoms with Crippen molar-refractivity contribution >= 4 is 5.95 Å². The molecule has 0 saturated heterocycles. The van der Waals surface area contributed by atoms with E-state index >= 15 is 0 Å². The zero-order valence-electron chi connectivity index (χ0n) is 4.39. The number of nitrogens with zero attached hydrogens (tertiary/aromatic N) is 5. The molecule has 0 aliphatic rings. The first-order valence-electron chi connectivity index (χ1n) is 2.15. The van der Waals surface area contributed by atoms with Crippen molar-refractivity contribution in [1.82, 2.24) is 15.0 Å². The van der Waals surface area contributed by atoms with Crippen LogP contribution in [0.3, 0.4) is 0 Å². The van der Waals surface area contributed by atoms with Crippen molar-refractivity contribution in [3.8, 4) is 0 Å². The Morgan fingerprint density at radius 1 is 1.44 bits per heavy atom. The van der Waals surface area contributed by atoms with Gasteiger partial charge in [-0.2, -0.15) is 0 Å². The van der Waals surface area contributed by atoms with Crippen LogP contribution >= 0.6 is 0 Å². The van der Waals surface area contributed by atoms with Crippen molar-refractivity contribution in [2.24, 2.45) is 5.22 Å². The number of nitrogens with one attached hydrogen (secondary N) is 1. The highest BCUT2D eigenvalue weighted by molar-refractivity contribution is 5.17. The summed E-state index contributed by atoms with van der Waals surface area (Å²) in [5, 5.41) is 2.60. The van der Waals surface area contributed by atoms with Crippen molar-refractivity contribution in [3.63, 3.8) is 0 Å². The molecule has 0 radical (unpaired) electrons. The average Bonchev–Trinajstić information content (AvgIpc) is 1.91. The van der Waals surface area contributed by atoms with Crippen LogP contribution in [0.5, 0.6) is 0 Å². The minimum atomic E-state index is 0.215. The highest BCUT2D eigenvalue weighted by Gasteiger charge is 1.79. The lowest BCUT2D eigenvalue weighted by Gasteiger charge is -1.98. The second-order valence-corrected chi connectivity index (χ2v) is 1.17. The van der Waals surface area contributed by atoms with Crippen molar-refractivity contribution in [1.29, 1.82) is 0 Å². The third kappa shape index (κ3) is 1.41. The third-order valence-electron chi connectivity index (χ3n) is 0.643. The second kappa shape index (κ2) is 2.65. The quantitative estimate of drug-likeness (QED) is 0.450. The first-order valence-corrected chi connectivity index (χ1v) is 2.15. The molecule has 0 amide bonds. The van der Waals surface area contributed by atoms with E-state index in [1.165, 1.54) is 12.7 Å². The molecule has 1 N–H and O–H groups in total. The summed E-state index contributed by atoms with van der Waals surface area (Å²) in [6.07, 6.45) is 2.58. The Balaban J connectivity index is 2.72. The minimum absolute atomic E-state index is 0.215. The molecule has 0 aliphatic heterocycles. The maximum absolute atomic E-state index is 7.93. The normalized spacial score (nSPS) is 8.44. The van der Waals surface area contributed by atoms with Crippen LogP contribution in [-0.2, 0) is 0 Å². The maximum Gasteiger partial charge on any atom is 0.157 e. The second-order valence-electron chi connectivity index (χ2n) is 1.17. The number of anilines is 1. The molecule has 0 unspecified atom stereocenters. The lowest BCUT2D eigenvalue weighted by atomic mass is 11.0. The van der Waals surface area contributed by atoms with Crippen LogP contribution in [0.15, 0.2) is 17.9 Å². The number of rotatable bonds is 2. The van der Waals surface area contributed by atoms with E-state index in [1.807, 2.05) is 0 Å². The maximum atomic E-state index is 7.93. The molecule has 0 aromatic carbocycles. The zero-order valence-corrected chi connectivity index (χ0v) is 4.39. The highest BCUT2D eigenvalue weighted by atomic mass is 15.4. The molecule has 0 saturated carbocycles. The topological polar surface area (TPSA) is 85.4 Å². The van der Waals surface area contributed by atoms with Gasteiger partial charge in [-0.1, -0.05) is 0 Å². The fraction of sp³-hybridized carbons (Fsp3) is 0. The van der Waals surface area contributed by atoms with Gasteiger partial charge in [-0.3, -0.25) is 5.22 Å². The third-order valence-corrected chi connectivity index (χ3v) is 0.643. The summed E-state index contributed by atoms with van der Waals surface area (Å²) in [4.78, 5) is 10.7. The fourth-order valence-corrected chi connectivity index (χ4v) is 0.342. The van der Waals surface area contributed by atoms with Gasteiger partial charge >= 0.3 is 0 Å². The van der Waals surface area contributed by atoms with Crippen LogP contribution in [-0.4, -0.2) is 15.0 Å². The van der Waals surface area contributed by atoms with Gasteiger partial charge in [0.15, 0.2) is 5.95 Å². The molecule has 0 bridgehead atoms. The van der Waals surface area contributed by atoms with Gasteiger partial charge in [0, 0.05) is 0 Å². The van der Waals surface area contributed by atoms with E-state index in [2.05, 4.69) is 25.6 Å². The van der Waals surface area contributed by atoms with Crippen LogP contribution in [0.4, 0.5) is 5.95 Å². The number of hydrogen-bond acceptors (Lipinski definition) is 4. The van der Waals surface area contributed by atoms with Gasteiger partial charge in [-0.15, -0.1) is 0 Å². The minimum Gasteiger partial charge on any atom is -0.362 e. The van der Waals surface area contributed by atoms with Crippen molar-refractivity contribution in [3.05, 3.63) is 18.2 Å². The summed E-state index contributed by atoms with van der Waals surface area (Å²) in [5.74, 6) is 0.215. The van der Waals surface area contributed by atoms with E-state index in [-0.39, 0.29) is 5.95 Å². The molecule has 1 heterocycles. The van der Waals surface area contributed by atoms with Crippen LogP contribution in [0, 0.1) is 0 Å². The van der Waals surface area contributed by atoms with Gasteiger partial charge in [0.25, 0.3) is 0 Å². The van der Waals surface area contributed by atoms with Gasteiger partial charge in [-0.05, 0) is 0 Å². The predicted octanol–water partition coefficient (Wildman–Crippen LogP) is 0.220. The first-order chi connectivity index (χ1) is 4.43. The lowest BCUT2D eigenvalue weighted by molar-refractivity contribution is 1.03. The van der Waals surface area contributed by atoms with Crippen LogP contribution in [0.25, 0.3) is 5.53 Å². The molecule has 1 rings (SSSR count). The van der Waals surface area contributed by atoms with Gasteiger partial charge in [0.05, 0.1) is 0 Å². The molecule has 1 aromatic rings. The number of hydrogen-bond donors (Lipinski definition) is 1. The summed E-state index contributed by atoms with van der Waals surface area (Å²) in [5.41, 5.74) is 10.1. The molecule has 6 nitrogen and oxygen atoms in total. The SMILES string of the molecule is [N-]=NNc1ncncn1. The van der Waals surface area contributed by atoms with Crippen LogP contribution < -0.4 is 5.43 Å². The van der Waals surface area contributed by atoms with Gasteiger partial charge in [0.2, 0.25) is 0 Å². The Morgan fingerprint density at radius 3 is 2.67 bits per heavy atom. The van der Waals surface area contributed by atoms with Gasteiger partial charge in [-0.25, -0.2) is 15.0 Å². The van der Waals surface area contributed by atoms with E-state index in [1.54, 1.807) is 0 Å². The van der Waals surface area contributed by atoms with Gasteiger partial charge < -0.3 is 11.0 Å². The first kappa shape index (κ1) is 5.54. The Kier molecular flexibility index (Phi) is 1.63. The summed E-state index contributed by atoms with van der Waals surface area (Å²) >= 11 is 0. The molecule has 1 aromatic heterocycles. The Hall–Kier alpha value is -1.59. The van der Waals surface area contributed by atoms with Crippen molar-refractivity contribution in [2.45, 2.75) is 0 Å². The van der Waals surface area contributed by atoms with E-state index in [4.69, 9.17) is 5.53 Å². The van der Waals surface area contributed by atoms with E-state index in [0.717, 1.165) is 0 Å². The van der Waals surface area contributed by atoms with Crippen molar-refractivity contribution < 1.29 is 0 Å². The molecule has 46 valence electrons. The standard InChI is InChI=1S/C3H3N6/c4-9-8-3-6-1-5-2-7-3/h1-2H,(H-,4,5,6,7,8)/q-1. The molecular weight excluding hydrogens is 120 g/mol. The average molecular weight is 123 g/mol.